The van der Waals surface area contributed by atoms with Crippen LogP contribution in [0.15, 0.2) is 77.2 Å². The van der Waals surface area contributed by atoms with Crippen LogP contribution in [-0.4, -0.2) is 26.4 Å². The van der Waals surface area contributed by atoms with Crippen LogP contribution in [0.5, 0.6) is 0 Å². The first-order chi connectivity index (χ1) is 15.3. The third-order valence-electron chi connectivity index (χ3n) is 4.49. The van der Waals surface area contributed by atoms with Crippen LogP contribution in [-0.2, 0) is 6.18 Å². The second-order valence-electron chi connectivity index (χ2n) is 6.71. The van der Waals surface area contributed by atoms with Gasteiger partial charge in [0.15, 0.2) is 5.69 Å². The molecule has 0 aliphatic rings. The Bertz CT molecular complexity index is 1260. The monoisotopic (exact) mass is 455 g/mol. The summed E-state index contributed by atoms with van der Waals surface area (Å²) in [4.78, 5) is 16.6. The number of rotatable bonds is 5. The van der Waals surface area contributed by atoms with E-state index in [1.807, 2.05) is 30.3 Å². The quantitative estimate of drug-likeness (QED) is 0.333. The number of amides is 1. The number of nitrogens with one attached hydrogen (secondary N) is 1. The fourth-order valence-corrected chi connectivity index (χ4v) is 3.65. The zero-order valence-electron chi connectivity index (χ0n) is 16.7. The molecule has 0 aliphatic carbocycles. The maximum Gasteiger partial charge on any atom is 0.435 e. The van der Waals surface area contributed by atoms with Crippen LogP contribution in [0.25, 0.3) is 16.4 Å². The molecule has 10 heteroatoms. The molecule has 0 atom stereocenters. The molecule has 2 aromatic carbocycles. The second-order valence-corrected chi connectivity index (χ2v) is 7.55. The molecular formula is C22H16F3N5OS. The summed E-state index contributed by atoms with van der Waals surface area (Å²) in [6.45, 7) is 1.75. The minimum Gasteiger partial charge on any atom is -0.266 e. The third-order valence-corrected chi connectivity index (χ3v) is 5.31. The van der Waals surface area contributed by atoms with Gasteiger partial charge < -0.3 is 0 Å². The Labute approximate surface area is 185 Å². The van der Waals surface area contributed by atoms with E-state index >= 15 is 0 Å². The number of benzene rings is 2. The lowest BCUT2D eigenvalue weighted by atomic mass is 10.1. The molecule has 2 heterocycles. The topological polar surface area (TPSA) is 72.2 Å². The van der Waals surface area contributed by atoms with E-state index in [1.54, 1.807) is 37.3 Å². The normalized spacial score (nSPS) is 12.1. The summed E-state index contributed by atoms with van der Waals surface area (Å²) in [6, 6.07) is 18.8. The fraction of sp³-hybridized carbons (Fsp3) is 0.0909. The van der Waals surface area contributed by atoms with Gasteiger partial charge in [0.25, 0.3) is 5.91 Å². The number of thiazole rings is 1. The van der Waals surface area contributed by atoms with Gasteiger partial charge in [-0.05, 0) is 18.6 Å². The Morgan fingerprint density at radius 2 is 1.72 bits per heavy atom. The minimum atomic E-state index is -4.62. The molecular weight excluding hydrogens is 439 g/mol. The fourth-order valence-electron chi connectivity index (χ4n) is 2.88. The van der Waals surface area contributed by atoms with Gasteiger partial charge in [-0.1, -0.05) is 60.7 Å². The van der Waals surface area contributed by atoms with Crippen molar-refractivity contribution in [3.05, 3.63) is 89.1 Å². The maximum atomic E-state index is 13.3. The van der Waals surface area contributed by atoms with Gasteiger partial charge in [-0.3, -0.25) is 4.79 Å². The summed E-state index contributed by atoms with van der Waals surface area (Å²) in [6.07, 6.45) is -4.62. The van der Waals surface area contributed by atoms with Gasteiger partial charge in [-0.2, -0.15) is 23.4 Å². The summed E-state index contributed by atoms with van der Waals surface area (Å²) in [5.41, 5.74) is 3.61. The SMILES string of the molecule is CC(=NNC(=O)c1csc(-n2nc(C(F)(F)F)cc2-c2ccccc2)n1)c1ccccc1. The zero-order valence-corrected chi connectivity index (χ0v) is 17.5. The molecule has 2 aromatic heterocycles. The van der Waals surface area contributed by atoms with E-state index in [1.165, 1.54) is 5.38 Å². The molecule has 0 saturated carbocycles. The van der Waals surface area contributed by atoms with Crippen LogP contribution in [0.1, 0.15) is 28.7 Å². The first-order valence-corrected chi connectivity index (χ1v) is 10.3. The van der Waals surface area contributed by atoms with Crippen LogP contribution in [0.2, 0.25) is 0 Å². The molecule has 6 nitrogen and oxygen atoms in total. The van der Waals surface area contributed by atoms with Crippen molar-refractivity contribution in [2.24, 2.45) is 5.10 Å². The van der Waals surface area contributed by atoms with Gasteiger partial charge in [0.1, 0.15) is 5.69 Å². The molecule has 1 amide bonds. The number of nitrogens with zero attached hydrogens (tertiary/aromatic N) is 4. The Morgan fingerprint density at radius 1 is 1.06 bits per heavy atom. The highest BCUT2D eigenvalue weighted by molar-refractivity contribution is 7.12. The van der Waals surface area contributed by atoms with Crippen molar-refractivity contribution in [1.29, 1.82) is 0 Å². The van der Waals surface area contributed by atoms with Crippen molar-refractivity contribution in [2.45, 2.75) is 13.1 Å². The number of hydrogen-bond acceptors (Lipinski definition) is 5. The van der Waals surface area contributed by atoms with Crippen LogP contribution in [0.4, 0.5) is 13.2 Å². The molecule has 0 bridgehead atoms. The maximum absolute atomic E-state index is 13.3. The van der Waals surface area contributed by atoms with Crippen molar-refractivity contribution in [1.82, 2.24) is 20.2 Å². The van der Waals surface area contributed by atoms with Gasteiger partial charge in [0.05, 0.1) is 11.4 Å². The third kappa shape index (κ3) is 4.59. The highest BCUT2D eigenvalue weighted by Gasteiger charge is 2.35. The average molecular weight is 455 g/mol. The summed E-state index contributed by atoms with van der Waals surface area (Å²) in [5.74, 6) is -0.577. The molecule has 4 aromatic rings. The summed E-state index contributed by atoms with van der Waals surface area (Å²) < 4.78 is 41.0. The molecule has 0 aliphatic heterocycles. The van der Waals surface area contributed by atoms with Gasteiger partial charge in [0, 0.05) is 10.9 Å². The lowest BCUT2D eigenvalue weighted by molar-refractivity contribution is -0.141. The Hall–Kier alpha value is -3.79. The number of halogens is 3. The van der Waals surface area contributed by atoms with E-state index in [0.717, 1.165) is 27.6 Å². The predicted octanol–water partition coefficient (Wildman–Crippen LogP) is 5.17. The van der Waals surface area contributed by atoms with Crippen molar-refractivity contribution in [3.8, 4) is 16.4 Å². The predicted molar refractivity (Wildman–Crippen MR) is 116 cm³/mol. The smallest absolute Gasteiger partial charge is 0.266 e. The Morgan fingerprint density at radius 3 is 2.38 bits per heavy atom. The first-order valence-electron chi connectivity index (χ1n) is 9.41. The van der Waals surface area contributed by atoms with E-state index in [-0.39, 0.29) is 16.5 Å². The van der Waals surface area contributed by atoms with Crippen LogP contribution in [0, 0.1) is 0 Å². The zero-order chi connectivity index (χ0) is 22.7. The van der Waals surface area contributed by atoms with E-state index < -0.39 is 17.8 Å². The number of carbonyl (C=O) groups is 1. The summed E-state index contributed by atoms with van der Waals surface area (Å²) >= 11 is 1.01. The minimum absolute atomic E-state index is 0.0256. The molecule has 0 radical (unpaired) electrons. The van der Waals surface area contributed by atoms with Crippen molar-refractivity contribution in [2.75, 3.05) is 0 Å². The van der Waals surface area contributed by atoms with Gasteiger partial charge in [0.2, 0.25) is 5.13 Å². The van der Waals surface area contributed by atoms with Crippen LogP contribution >= 0.6 is 11.3 Å². The molecule has 0 unspecified atom stereocenters. The molecule has 1 N–H and O–H groups in total. The lowest BCUT2D eigenvalue weighted by Crippen LogP contribution is -2.19. The lowest BCUT2D eigenvalue weighted by Gasteiger charge is -2.04. The number of carbonyl (C=O) groups excluding carboxylic acids is 1. The standard InChI is InChI=1S/C22H16F3N5OS/c1-14(15-8-4-2-5-9-15)27-28-20(31)17-13-32-21(26-17)30-18(16-10-6-3-7-11-16)12-19(29-30)22(23,24)25/h2-13H,1H3,(H,28,31). The van der Waals surface area contributed by atoms with E-state index in [2.05, 4.69) is 20.6 Å². The number of hydrogen-bond donors (Lipinski definition) is 1. The van der Waals surface area contributed by atoms with Gasteiger partial charge >= 0.3 is 6.18 Å². The van der Waals surface area contributed by atoms with E-state index in [0.29, 0.717) is 11.3 Å². The molecule has 0 fully saturated rings. The second kappa shape index (κ2) is 8.75. The Kier molecular flexibility index (Phi) is 5.87. The van der Waals surface area contributed by atoms with Gasteiger partial charge in [-0.25, -0.2) is 15.1 Å². The number of hydrazone groups is 1. The summed E-state index contributed by atoms with van der Waals surface area (Å²) in [7, 11) is 0. The molecule has 32 heavy (non-hydrogen) atoms. The Balaban J connectivity index is 1.62. The van der Waals surface area contributed by atoms with Crippen molar-refractivity contribution < 1.29 is 18.0 Å². The summed E-state index contributed by atoms with van der Waals surface area (Å²) in [5, 5.41) is 9.34. The average Bonchev–Trinajstić information content (AvgIpc) is 3.46. The van der Waals surface area contributed by atoms with Gasteiger partial charge in [-0.15, -0.1) is 11.3 Å². The highest BCUT2D eigenvalue weighted by Crippen LogP contribution is 2.33. The molecule has 0 spiro atoms. The number of alkyl halides is 3. The van der Waals surface area contributed by atoms with Crippen LogP contribution in [0.3, 0.4) is 0 Å². The highest BCUT2D eigenvalue weighted by atomic mass is 32.1. The van der Waals surface area contributed by atoms with Crippen molar-refractivity contribution in [3.63, 3.8) is 0 Å². The largest absolute Gasteiger partial charge is 0.435 e. The molecule has 4 rings (SSSR count). The number of aromatic nitrogens is 3. The van der Waals surface area contributed by atoms with Crippen LogP contribution < -0.4 is 5.43 Å². The first kappa shape index (κ1) is 21.4. The van der Waals surface area contributed by atoms with E-state index in [4.69, 9.17) is 0 Å². The molecule has 0 saturated heterocycles. The van der Waals surface area contributed by atoms with Crippen molar-refractivity contribution >= 4 is 23.0 Å². The molecule has 162 valence electrons. The van der Waals surface area contributed by atoms with E-state index in [9.17, 15) is 18.0 Å².